The zero-order chi connectivity index (χ0) is 12.4. The standard InChI is InChI=1S/C12H13N3O2/c1-3-13-12(17)10-11(16)9-8(7(2)15-10)5-4-6-14-9/h4-6,16H,3H2,1-2H3,(H,13,17). The van der Waals surface area contributed by atoms with E-state index in [1.165, 1.54) is 0 Å². The van der Waals surface area contributed by atoms with Gasteiger partial charge in [-0.3, -0.25) is 9.78 Å². The van der Waals surface area contributed by atoms with Crippen molar-refractivity contribution >= 4 is 16.8 Å². The molecule has 0 bridgehead atoms. The number of fused-ring (bicyclic) bond motifs is 1. The summed E-state index contributed by atoms with van der Waals surface area (Å²) in [6.45, 7) is 4.08. The molecule has 2 aromatic rings. The van der Waals surface area contributed by atoms with Gasteiger partial charge < -0.3 is 10.4 Å². The van der Waals surface area contributed by atoms with Crippen LogP contribution in [0.5, 0.6) is 5.75 Å². The molecule has 0 aliphatic carbocycles. The molecule has 0 radical (unpaired) electrons. The first-order chi connectivity index (χ1) is 8.15. The molecule has 0 aliphatic rings. The molecule has 88 valence electrons. The Morgan fingerprint density at radius 1 is 1.53 bits per heavy atom. The number of pyridine rings is 2. The van der Waals surface area contributed by atoms with E-state index < -0.39 is 0 Å². The molecular formula is C12H13N3O2. The fourth-order valence-electron chi connectivity index (χ4n) is 1.68. The lowest BCUT2D eigenvalue weighted by molar-refractivity contribution is 0.0948. The number of amides is 1. The maximum absolute atomic E-state index is 11.7. The monoisotopic (exact) mass is 231 g/mol. The van der Waals surface area contributed by atoms with Crippen molar-refractivity contribution in [1.29, 1.82) is 0 Å². The van der Waals surface area contributed by atoms with Crippen molar-refractivity contribution in [3.63, 3.8) is 0 Å². The van der Waals surface area contributed by atoms with E-state index in [9.17, 15) is 9.90 Å². The number of carbonyl (C=O) groups is 1. The van der Waals surface area contributed by atoms with E-state index in [4.69, 9.17) is 0 Å². The summed E-state index contributed by atoms with van der Waals surface area (Å²) in [4.78, 5) is 19.9. The predicted octanol–water partition coefficient (Wildman–Crippen LogP) is 1.39. The Morgan fingerprint density at radius 2 is 2.29 bits per heavy atom. The van der Waals surface area contributed by atoms with E-state index in [2.05, 4.69) is 15.3 Å². The topological polar surface area (TPSA) is 75.1 Å². The van der Waals surface area contributed by atoms with Crippen LogP contribution in [0.25, 0.3) is 10.9 Å². The maximum Gasteiger partial charge on any atom is 0.273 e. The first-order valence-corrected chi connectivity index (χ1v) is 5.37. The van der Waals surface area contributed by atoms with Gasteiger partial charge in [0.05, 0.1) is 0 Å². The number of aromatic hydroxyl groups is 1. The Kier molecular flexibility index (Phi) is 2.91. The molecule has 2 N–H and O–H groups in total. The van der Waals surface area contributed by atoms with Gasteiger partial charge in [0.2, 0.25) is 0 Å². The van der Waals surface area contributed by atoms with Gasteiger partial charge in [0, 0.05) is 23.8 Å². The van der Waals surface area contributed by atoms with Gasteiger partial charge in [-0.05, 0) is 26.0 Å². The molecule has 0 aliphatic heterocycles. The summed E-state index contributed by atoms with van der Waals surface area (Å²) in [6.07, 6.45) is 1.57. The number of rotatable bonds is 2. The second-order valence-electron chi connectivity index (χ2n) is 3.65. The van der Waals surface area contributed by atoms with Gasteiger partial charge in [-0.15, -0.1) is 0 Å². The molecule has 2 heterocycles. The highest BCUT2D eigenvalue weighted by Crippen LogP contribution is 2.27. The van der Waals surface area contributed by atoms with Crippen LogP contribution >= 0.6 is 0 Å². The van der Waals surface area contributed by atoms with Crippen LogP contribution in [0.2, 0.25) is 0 Å². The average molecular weight is 231 g/mol. The number of carbonyl (C=O) groups excluding carboxylic acids is 1. The van der Waals surface area contributed by atoms with E-state index in [1.807, 2.05) is 6.07 Å². The molecule has 2 rings (SSSR count). The third kappa shape index (κ3) is 1.91. The third-order valence-corrected chi connectivity index (χ3v) is 2.48. The maximum atomic E-state index is 11.7. The highest BCUT2D eigenvalue weighted by Gasteiger charge is 2.17. The van der Waals surface area contributed by atoms with Crippen molar-refractivity contribution in [2.45, 2.75) is 13.8 Å². The van der Waals surface area contributed by atoms with Crippen molar-refractivity contribution < 1.29 is 9.90 Å². The summed E-state index contributed by atoms with van der Waals surface area (Å²) in [7, 11) is 0. The number of hydrogen-bond acceptors (Lipinski definition) is 4. The summed E-state index contributed by atoms with van der Waals surface area (Å²) in [5.41, 5.74) is 1.10. The summed E-state index contributed by atoms with van der Waals surface area (Å²) in [6, 6.07) is 3.58. The van der Waals surface area contributed by atoms with Crippen LogP contribution in [0.15, 0.2) is 18.3 Å². The van der Waals surface area contributed by atoms with E-state index >= 15 is 0 Å². The van der Waals surface area contributed by atoms with Crippen LogP contribution in [0.3, 0.4) is 0 Å². The number of aromatic nitrogens is 2. The molecule has 5 nitrogen and oxygen atoms in total. The van der Waals surface area contributed by atoms with Gasteiger partial charge in [-0.1, -0.05) is 0 Å². The first kappa shape index (κ1) is 11.3. The average Bonchev–Trinajstić information content (AvgIpc) is 2.34. The molecule has 1 amide bonds. The lowest BCUT2D eigenvalue weighted by atomic mass is 10.1. The molecular weight excluding hydrogens is 218 g/mol. The summed E-state index contributed by atoms with van der Waals surface area (Å²) in [5, 5.41) is 13.3. The van der Waals surface area contributed by atoms with E-state index in [0.717, 1.165) is 5.39 Å². The SMILES string of the molecule is CCNC(=O)c1nc(C)c2cccnc2c1O. The summed E-state index contributed by atoms with van der Waals surface area (Å²) < 4.78 is 0. The van der Waals surface area contributed by atoms with Gasteiger partial charge in [0.1, 0.15) is 5.52 Å². The fraction of sp³-hybridized carbons (Fsp3) is 0.250. The Balaban J connectivity index is 2.67. The Labute approximate surface area is 98.5 Å². The zero-order valence-corrected chi connectivity index (χ0v) is 9.69. The van der Waals surface area contributed by atoms with E-state index in [-0.39, 0.29) is 17.4 Å². The van der Waals surface area contributed by atoms with Crippen LogP contribution in [0.4, 0.5) is 0 Å². The second kappa shape index (κ2) is 4.37. The van der Waals surface area contributed by atoms with Crippen molar-refractivity contribution in [3.8, 4) is 5.75 Å². The second-order valence-corrected chi connectivity index (χ2v) is 3.65. The number of hydrogen-bond donors (Lipinski definition) is 2. The minimum atomic E-state index is -0.388. The van der Waals surface area contributed by atoms with Gasteiger partial charge >= 0.3 is 0 Å². The molecule has 17 heavy (non-hydrogen) atoms. The van der Waals surface area contributed by atoms with Crippen molar-refractivity contribution in [2.24, 2.45) is 0 Å². The Bertz CT molecular complexity index is 581. The number of nitrogens with zero attached hydrogens (tertiary/aromatic N) is 2. The predicted molar refractivity (Wildman–Crippen MR) is 63.9 cm³/mol. The van der Waals surface area contributed by atoms with Gasteiger partial charge in [-0.25, -0.2) is 4.98 Å². The lowest BCUT2D eigenvalue weighted by Gasteiger charge is -2.08. The molecule has 0 aromatic carbocycles. The summed E-state index contributed by atoms with van der Waals surface area (Å²) >= 11 is 0. The van der Waals surface area contributed by atoms with Crippen LogP contribution in [-0.4, -0.2) is 27.5 Å². The smallest absolute Gasteiger partial charge is 0.273 e. The largest absolute Gasteiger partial charge is 0.504 e. The minimum absolute atomic E-state index is 0.0237. The summed E-state index contributed by atoms with van der Waals surface area (Å²) in [5.74, 6) is -0.558. The molecule has 0 fully saturated rings. The zero-order valence-electron chi connectivity index (χ0n) is 9.69. The molecule has 0 atom stereocenters. The Hall–Kier alpha value is -2.17. The third-order valence-electron chi connectivity index (χ3n) is 2.48. The number of aryl methyl sites for hydroxylation is 1. The quantitative estimate of drug-likeness (QED) is 0.819. The fourth-order valence-corrected chi connectivity index (χ4v) is 1.68. The van der Waals surface area contributed by atoms with E-state index in [0.29, 0.717) is 17.8 Å². The van der Waals surface area contributed by atoms with Gasteiger partial charge in [0.25, 0.3) is 5.91 Å². The molecule has 2 aromatic heterocycles. The van der Waals surface area contributed by atoms with Crippen molar-refractivity contribution in [2.75, 3.05) is 6.54 Å². The molecule has 5 heteroatoms. The highest BCUT2D eigenvalue weighted by atomic mass is 16.3. The molecule has 0 saturated heterocycles. The van der Waals surface area contributed by atoms with E-state index in [1.54, 1.807) is 26.1 Å². The Morgan fingerprint density at radius 3 is 3.00 bits per heavy atom. The normalized spacial score (nSPS) is 10.5. The van der Waals surface area contributed by atoms with Crippen LogP contribution in [0.1, 0.15) is 23.1 Å². The lowest BCUT2D eigenvalue weighted by Crippen LogP contribution is -2.24. The molecule has 0 unspecified atom stereocenters. The molecule has 0 saturated carbocycles. The van der Waals surface area contributed by atoms with Crippen molar-refractivity contribution in [3.05, 3.63) is 29.7 Å². The van der Waals surface area contributed by atoms with Crippen LogP contribution < -0.4 is 5.32 Å². The van der Waals surface area contributed by atoms with Crippen LogP contribution in [0, 0.1) is 6.92 Å². The van der Waals surface area contributed by atoms with Gasteiger partial charge in [-0.2, -0.15) is 0 Å². The van der Waals surface area contributed by atoms with Crippen molar-refractivity contribution in [1.82, 2.24) is 15.3 Å². The number of nitrogens with one attached hydrogen (secondary N) is 1. The van der Waals surface area contributed by atoms with Crippen LogP contribution in [-0.2, 0) is 0 Å². The highest BCUT2D eigenvalue weighted by molar-refractivity contribution is 6.00. The minimum Gasteiger partial charge on any atom is -0.504 e. The first-order valence-electron chi connectivity index (χ1n) is 5.37. The van der Waals surface area contributed by atoms with Gasteiger partial charge in [0.15, 0.2) is 11.4 Å². The molecule has 0 spiro atoms.